The summed E-state index contributed by atoms with van der Waals surface area (Å²) >= 11 is 0. The van der Waals surface area contributed by atoms with Gasteiger partial charge in [-0.1, -0.05) is 0 Å². The third kappa shape index (κ3) is 3.70. The maximum Gasteiger partial charge on any atom is 0.262 e. The second-order valence-electron chi connectivity index (χ2n) is 4.62. The first-order valence-electron chi connectivity index (χ1n) is 6.85. The Kier molecular flexibility index (Phi) is 4.28. The maximum atomic E-state index is 12.8. The fourth-order valence-corrected chi connectivity index (χ4v) is 1.94. The summed E-state index contributed by atoms with van der Waals surface area (Å²) < 4.78 is 19.7. The fourth-order valence-electron chi connectivity index (χ4n) is 1.94. The van der Waals surface area contributed by atoms with Crippen LogP contribution >= 0.6 is 0 Å². The van der Waals surface area contributed by atoms with Crippen LogP contribution in [0.25, 0.3) is 5.82 Å². The van der Waals surface area contributed by atoms with Crippen LogP contribution < -0.4 is 10.1 Å². The number of nitrogens with one attached hydrogen (secondary N) is 1. The second-order valence-corrected chi connectivity index (χ2v) is 4.62. The maximum absolute atomic E-state index is 12.8. The molecule has 0 saturated carbocycles. The number of pyridine rings is 1. The van der Waals surface area contributed by atoms with Gasteiger partial charge in [0.1, 0.15) is 11.6 Å². The largest absolute Gasteiger partial charge is 0.484 e. The minimum absolute atomic E-state index is 0.195. The molecule has 2 aromatic heterocycles. The third-order valence-corrected chi connectivity index (χ3v) is 2.97. The normalized spacial score (nSPS) is 10.3. The molecule has 0 spiro atoms. The molecule has 0 radical (unpaired) electrons. The zero-order valence-electron chi connectivity index (χ0n) is 12.0. The third-order valence-electron chi connectivity index (χ3n) is 2.97. The summed E-state index contributed by atoms with van der Waals surface area (Å²) in [6, 6.07) is 10.7. The van der Waals surface area contributed by atoms with E-state index in [4.69, 9.17) is 4.74 Å². The first-order chi connectivity index (χ1) is 11.2. The fraction of sp³-hybridized carbons (Fsp3) is 0.0625. The van der Waals surface area contributed by atoms with Gasteiger partial charge >= 0.3 is 0 Å². The molecule has 116 valence electrons. The Labute approximate surface area is 131 Å². The van der Waals surface area contributed by atoms with Crippen LogP contribution in [-0.4, -0.2) is 27.3 Å². The Morgan fingerprint density at radius 2 is 2.00 bits per heavy atom. The number of nitrogens with zero attached hydrogens (tertiary/aromatic N) is 3. The van der Waals surface area contributed by atoms with Gasteiger partial charge in [0, 0.05) is 18.6 Å². The van der Waals surface area contributed by atoms with E-state index in [-0.39, 0.29) is 18.3 Å². The molecule has 0 saturated heterocycles. The predicted molar refractivity (Wildman–Crippen MR) is 81.9 cm³/mol. The first-order valence-corrected chi connectivity index (χ1v) is 6.85. The van der Waals surface area contributed by atoms with Crippen LogP contribution in [0.1, 0.15) is 0 Å². The Balaban J connectivity index is 1.65. The van der Waals surface area contributed by atoms with Gasteiger partial charge in [-0.25, -0.2) is 14.1 Å². The molecule has 2 heterocycles. The summed E-state index contributed by atoms with van der Waals surface area (Å²) in [5.74, 6) is 0.212. The smallest absolute Gasteiger partial charge is 0.262 e. The Hall–Kier alpha value is -3.22. The minimum Gasteiger partial charge on any atom is -0.484 e. The van der Waals surface area contributed by atoms with E-state index in [0.29, 0.717) is 17.3 Å². The van der Waals surface area contributed by atoms with Gasteiger partial charge in [0.15, 0.2) is 12.4 Å². The van der Waals surface area contributed by atoms with Gasteiger partial charge < -0.3 is 10.1 Å². The molecular formula is C16H13FN4O2. The average Bonchev–Trinajstić information content (AvgIpc) is 3.09. The molecule has 1 aromatic carbocycles. The highest BCUT2D eigenvalue weighted by Crippen LogP contribution is 2.16. The van der Waals surface area contributed by atoms with Crippen LogP contribution in [-0.2, 0) is 4.79 Å². The highest BCUT2D eigenvalue weighted by atomic mass is 19.1. The van der Waals surface area contributed by atoms with Crippen molar-refractivity contribution in [2.45, 2.75) is 0 Å². The molecule has 3 aromatic rings. The zero-order chi connectivity index (χ0) is 16.1. The molecule has 1 amide bonds. The van der Waals surface area contributed by atoms with E-state index in [0.717, 1.165) is 0 Å². The van der Waals surface area contributed by atoms with E-state index in [2.05, 4.69) is 15.4 Å². The lowest BCUT2D eigenvalue weighted by Gasteiger charge is -2.10. The number of aromatic nitrogens is 3. The van der Waals surface area contributed by atoms with Crippen molar-refractivity contribution in [3.8, 4) is 11.6 Å². The van der Waals surface area contributed by atoms with Crippen molar-refractivity contribution in [3.63, 3.8) is 0 Å². The molecular weight excluding hydrogens is 299 g/mol. The highest BCUT2D eigenvalue weighted by molar-refractivity contribution is 5.93. The van der Waals surface area contributed by atoms with Crippen LogP contribution in [0.15, 0.2) is 61.1 Å². The van der Waals surface area contributed by atoms with Gasteiger partial charge in [-0.05, 0) is 42.5 Å². The summed E-state index contributed by atoms with van der Waals surface area (Å²) in [6.45, 7) is -0.195. The standard InChI is InChI=1S/C16H13FN4O2/c17-12-4-6-13(7-5-12)23-11-15(22)20-14-3-1-8-18-16(14)21-10-2-9-19-21/h1-10H,11H2,(H,20,22). The van der Waals surface area contributed by atoms with Crippen LogP contribution in [0.4, 0.5) is 10.1 Å². The SMILES string of the molecule is O=C(COc1ccc(F)cc1)Nc1cccnc1-n1cccn1. The van der Waals surface area contributed by atoms with E-state index in [9.17, 15) is 9.18 Å². The molecule has 3 rings (SSSR count). The topological polar surface area (TPSA) is 69.0 Å². The Morgan fingerprint density at radius 1 is 1.17 bits per heavy atom. The van der Waals surface area contributed by atoms with Gasteiger partial charge in [0.25, 0.3) is 5.91 Å². The van der Waals surface area contributed by atoms with Crippen molar-refractivity contribution in [1.29, 1.82) is 0 Å². The molecule has 7 heteroatoms. The summed E-state index contributed by atoms with van der Waals surface area (Å²) in [5, 5.41) is 6.81. The van der Waals surface area contributed by atoms with Crippen molar-refractivity contribution in [2.24, 2.45) is 0 Å². The highest BCUT2D eigenvalue weighted by Gasteiger charge is 2.10. The molecule has 1 N–H and O–H groups in total. The van der Waals surface area contributed by atoms with Crippen LogP contribution in [0.3, 0.4) is 0 Å². The average molecular weight is 312 g/mol. The second kappa shape index (κ2) is 6.69. The summed E-state index contributed by atoms with van der Waals surface area (Å²) in [6.07, 6.45) is 4.96. The van der Waals surface area contributed by atoms with Crippen molar-refractivity contribution in [3.05, 3.63) is 66.9 Å². The van der Waals surface area contributed by atoms with Gasteiger partial charge in [-0.3, -0.25) is 4.79 Å². The lowest BCUT2D eigenvalue weighted by molar-refractivity contribution is -0.118. The number of ether oxygens (including phenoxy) is 1. The number of carbonyl (C=O) groups is 1. The molecule has 0 aliphatic rings. The van der Waals surface area contributed by atoms with E-state index in [1.165, 1.54) is 24.3 Å². The van der Waals surface area contributed by atoms with E-state index >= 15 is 0 Å². The monoisotopic (exact) mass is 312 g/mol. The number of hydrogen-bond donors (Lipinski definition) is 1. The molecule has 0 unspecified atom stereocenters. The number of amides is 1. The molecule has 6 nitrogen and oxygen atoms in total. The number of rotatable bonds is 5. The zero-order valence-corrected chi connectivity index (χ0v) is 12.0. The Morgan fingerprint density at radius 3 is 2.74 bits per heavy atom. The Bertz CT molecular complexity index is 788. The van der Waals surface area contributed by atoms with E-state index < -0.39 is 0 Å². The number of hydrogen-bond acceptors (Lipinski definition) is 4. The van der Waals surface area contributed by atoms with E-state index in [1.807, 2.05) is 0 Å². The van der Waals surface area contributed by atoms with Gasteiger partial charge in [0.05, 0.1) is 5.69 Å². The van der Waals surface area contributed by atoms with Gasteiger partial charge in [-0.2, -0.15) is 5.10 Å². The van der Waals surface area contributed by atoms with Crippen molar-refractivity contribution >= 4 is 11.6 Å². The number of carbonyl (C=O) groups excluding carboxylic acids is 1. The molecule has 23 heavy (non-hydrogen) atoms. The predicted octanol–water partition coefficient (Wildman–Crippen LogP) is 2.42. The van der Waals surface area contributed by atoms with Gasteiger partial charge in [0.2, 0.25) is 0 Å². The summed E-state index contributed by atoms with van der Waals surface area (Å²) in [5.41, 5.74) is 0.518. The molecule has 0 aliphatic carbocycles. The molecule has 0 bridgehead atoms. The number of benzene rings is 1. The van der Waals surface area contributed by atoms with Crippen molar-refractivity contribution < 1.29 is 13.9 Å². The summed E-state index contributed by atoms with van der Waals surface area (Å²) in [4.78, 5) is 16.2. The lowest BCUT2D eigenvalue weighted by atomic mass is 10.3. The van der Waals surface area contributed by atoms with Crippen molar-refractivity contribution in [2.75, 3.05) is 11.9 Å². The summed E-state index contributed by atoms with van der Waals surface area (Å²) in [7, 11) is 0. The van der Waals surface area contributed by atoms with Crippen LogP contribution in [0.2, 0.25) is 0 Å². The molecule has 0 fully saturated rings. The van der Waals surface area contributed by atoms with Crippen LogP contribution in [0, 0.1) is 5.82 Å². The first kappa shape index (κ1) is 14.7. The minimum atomic E-state index is -0.360. The lowest BCUT2D eigenvalue weighted by Crippen LogP contribution is -2.21. The van der Waals surface area contributed by atoms with E-state index in [1.54, 1.807) is 41.5 Å². The number of anilines is 1. The molecule has 0 atom stereocenters. The number of halogens is 1. The van der Waals surface area contributed by atoms with Gasteiger partial charge in [-0.15, -0.1) is 0 Å². The van der Waals surface area contributed by atoms with Crippen molar-refractivity contribution in [1.82, 2.24) is 14.8 Å². The molecule has 0 aliphatic heterocycles. The quantitative estimate of drug-likeness (QED) is 0.785. The van der Waals surface area contributed by atoms with Crippen LogP contribution in [0.5, 0.6) is 5.75 Å².